The summed E-state index contributed by atoms with van der Waals surface area (Å²) in [5.41, 5.74) is 1.75. The maximum absolute atomic E-state index is 13.2. The number of piperazine rings is 1. The normalized spacial score (nSPS) is 18.0. The summed E-state index contributed by atoms with van der Waals surface area (Å²) in [5, 5.41) is 30.3. The van der Waals surface area contributed by atoms with Crippen LogP contribution in [0.5, 0.6) is 0 Å². The van der Waals surface area contributed by atoms with Crippen molar-refractivity contribution in [3.63, 3.8) is 0 Å². The van der Waals surface area contributed by atoms with Gasteiger partial charge in [0.05, 0.1) is 40.8 Å². The van der Waals surface area contributed by atoms with Gasteiger partial charge in [-0.25, -0.2) is 4.98 Å². The van der Waals surface area contributed by atoms with E-state index in [1.165, 1.54) is 10.7 Å². The Hall–Kier alpha value is -4.46. The summed E-state index contributed by atoms with van der Waals surface area (Å²) in [6, 6.07) is 7.80. The van der Waals surface area contributed by atoms with Gasteiger partial charge >= 0.3 is 0 Å². The molecule has 198 valence electrons. The van der Waals surface area contributed by atoms with Crippen LogP contribution in [-0.2, 0) is 9.59 Å². The molecule has 6 rings (SSSR count). The van der Waals surface area contributed by atoms with Crippen LogP contribution in [0, 0.1) is 22.7 Å². The SMILES string of the molecule is CC(=O)N1CC(N2CCN(c3cc(C#N)cc(Nc4nc(NC5CC5)c5ncc(C#N)n5n4)c3Cl)C(=O)C2)C1. The van der Waals surface area contributed by atoms with E-state index in [2.05, 4.69) is 42.7 Å². The van der Waals surface area contributed by atoms with Crippen molar-refractivity contribution in [1.29, 1.82) is 10.5 Å². The quantitative estimate of drug-likeness (QED) is 0.467. The second-order valence-corrected chi connectivity index (χ2v) is 10.3. The van der Waals surface area contributed by atoms with E-state index in [4.69, 9.17) is 11.6 Å². The fourth-order valence-electron chi connectivity index (χ4n) is 4.81. The van der Waals surface area contributed by atoms with Crippen LogP contribution in [0.15, 0.2) is 18.3 Å². The number of imidazole rings is 1. The molecule has 2 aliphatic heterocycles. The van der Waals surface area contributed by atoms with Gasteiger partial charge in [-0.3, -0.25) is 14.5 Å². The van der Waals surface area contributed by atoms with E-state index in [-0.39, 0.29) is 47.1 Å². The largest absolute Gasteiger partial charge is 0.364 e. The molecule has 39 heavy (non-hydrogen) atoms. The number of hydrogen-bond donors (Lipinski definition) is 2. The van der Waals surface area contributed by atoms with E-state index in [0.717, 1.165) is 12.8 Å². The van der Waals surface area contributed by atoms with Gasteiger partial charge in [0.15, 0.2) is 17.2 Å². The van der Waals surface area contributed by atoms with E-state index < -0.39 is 0 Å². The molecule has 2 amide bonds. The molecule has 3 aromatic rings. The van der Waals surface area contributed by atoms with Crippen LogP contribution in [0.2, 0.25) is 5.02 Å². The highest BCUT2D eigenvalue weighted by atomic mass is 35.5. The number of hydrogen-bond acceptors (Lipinski definition) is 10. The van der Waals surface area contributed by atoms with E-state index in [9.17, 15) is 20.1 Å². The molecule has 0 bridgehead atoms. The number of fused-ring (bicyclic) bond motifs is 1. The van der Waals surface area contributed by atoms with Crippen molar-refractivity contribution in [3.05, 3.63) is 34.6 Å². The average molecular weight is 546 g/mol. The lowest BCUT2D eigenvalue weighted by Gasteiger charge is -2.47. The van der Waals surface area contributed by atoms with Crippen molar-refractivity contribution in [2.45, 2.75) is 31.8 Å². The monoisotopic (exact) mass is 545 g/mol. The Bertz CT molecular complexity index is 1580. The molecule has 2 aromatic heterocycles. The zero-order valence-corrected chi connectivity index (χ0v) is 21.8. The van der Waals surface area contributed by atoms with Gasteiger partial charge in [0.1, 0.15) is 6.07 Å². The standard InChI is InChI=1S/C25H24ClN11O2/c1-14(38)35-11-18(12-35)34-4-5-36(21(39)13-34)20-7-15(8-27)6-19(22(20)26)31-25-32-23(30-16-2-3-16)24-29-10-17(9-28)37(24)33-25/h6-7,10,16,18H,2-5,11-13H2,1H3,(H2,30,31,32,33). The lowest BCUT2D eigenvalue weighted by molar-refractivity contribution is -0.137. The van der Waals surface area contributed by atoms with Crippen LogP contribution in [-0.4, -0.2) is 86.0 Å². The molecule has 0 radical (unpaired) electrons. The zero-order chi connectivity index (χ0) is 27.3. The summed E-state index contributed by atoms with van der Waals surface area (Å²) < 4.78 is 1.40. The number of benzene rings is 1. The molecule has 3 fully saturated rings. The number of amides is 2. The van der Waals surface area contributed by atoms with Crippen LogP contribution < -0.4 is 15.5 Å². The fraction of sp³-hybridized carbons (Fsp3) is 0.400. The summed E-state index contributed by atoms with van der Waals surface area (Å²) in [6.07, 6.45) is 3.46. The Labute approximate surface area is 228 Å². The second kappa shape index (κ2) is 9.69. The highest BCUT2D eigenvalue weighted by Crippen LogP contribution is 2.37. The molecule has 2 N–H and O–H groups in total. The Morgan fingerprint density at radius 3 is 2.64 bits per heavy atom. The lowest BCUT2D eigenvalue weighted by Crippen LogP contribution is -2.65. The summed E-state index contributed by atoms with van der Waals surface area (Å²) >= 11 is 6.80. The highest BCUT2D eigenvalue weighted by molar-refractivity contribution is 6.36. The second-order valence-electron chi connectivity index (χ2n) is 9.88. The molecule has 1 aromatic carbocycles. The number of carbonyl (C=O) groups is 2. The Balaban J connectivity index is 1.27. The number of nitrogens with zero attached hydrogens (tertiary/aromatic N) is 9. The summed E-state index contributed by atoms with van der Waals surface area (Å²) in [6.45, 7) is 3.98. The highest BCUT2D eigenvalue weighted by Gasteiger charge is 2.38. The number of likely N-dealkylation sites (tertiary alicyclic amines) is 1. The Morgan fingerprint density at radius 1 is 1.18 bits per heavy atom. The lowest BCUT2D eigenvalue weighted by atomic mass is 10.1. The first kappa shape index (κ1) is 24.9. The number of anilines is 4. The number of nitrogens with one attached hydrogen (secondary N) is 2. The maximum Gasteiger partial charge on any atom is 0.247 e. The summed E-state index contributed by atoms with van der Waals surface area (Å²) in [5.74, 6) is 0.525. The van der Waals surface area contributed by atoms with E-state index in [1.54, 1.807) is 28.9 Å². The number of nitriles is 2. The molecule has 1 saturated carbocycles. The molecule has 14 heteroatoms. The molecule has 13 nitrogen and oxygen atoms in total. The molecular weight excluding hydrogens is 522 g/mol. The van der Waals surface area contributed by atoms with Crippen LogP contribution >= 0.6 is 11.6 Å². The molecule has 0 atom stereocenters. The van der Waals surface area contributed by atoms with Crippen molar-refractivity contribution in [2.75, 3.05) is 48.3 Å². The number of carbonyl (C=O) groups excluding carboxylic acids is 2. The van der Waals surface area contributed by atoms with Gasteiger partial charge in [0, 0.05) is 45.2 Å². The average Bonchev–Trinajstić information content (AvgIpc) is 3.60. The van der Waals surface area contributed by atoms with Gasteiger partial charge in [-0.2, -0.15) is 20.0 Å². The van der Waals surface area contributed by atoms with Gasteiger partial charge in [-0.05, 0) is 25.0 Å². The first-order chi connectivity index (χ1) is 18.8. The summed E-state index contributed by atoms with van der Waals surface area (Å²) in [7, 11) is 0. The van der Waals surface area contributed by atoms with Gasteiger partial charge in [-0.15, -0.1) is 5.10 Å². The van der Waals surface area contributed by atoms with Gasteiger partial charge in [0.25, 0.3) is 0 Å². The van der Waals surface area contributed by atoms with Gasteiger partial charge in [-0.1, -0.05) is 11.6 Å². The third-order valence-corrected chi connectivity index (χ3v) is 7.59. The minimum Gasteiger partial charge on any atom is -0.364 e. The van der Waals surface area contributed by atoms with E-state index in [1.807, 2.05) is 0 Å². The minimum absolute atomic E-state index is 0.0341. The molecule has 4 heterocycles. The first-order valence-electron chi connectivity index (χ1n) is 12.6. The van der Waals surface area contributed by atoms with Gasteiger partial charge in [0.2, 0.25) is 17.8 Å². The van der Waals surface area contributed by atoms with E-state index in [0.29, 0.717) is 54.6 Å². The smallest absolute Gasteiger partial charge is 0.247 e. The van der Waals surface area contributed by atoms with Crippen molar-refractivity contribution in [3.8, 4) is 12.1 Å². The van der Waals surface area contributed by atoms with Crippen LogP contribution in [0.25, 0.3) is 5.65 Å². The number of halogens is 1. The van der Waals surface area contributed by atoms with Crippen LogP contribution in [0.3, 0.4) is 0 Å². The molecular formula is C25H24ClN11O2. The molecule has 0 unspecified atom stereocenters. The molecule has 3 aliphatic rings. The third kappa shape index (κ3) is 4.67. The van der Waals surface area contributed by atoms with Crippen molar-refractivity contribution >= 4 is 52.2 Å². The zero-order valence-electron chi connectivity index (χ0n) is 21.1. The minimum atomic E-state index is -0.142. The van der Waals surface area contributed by atoms with Crippen molar-refractivity contribution in [1.82, 2.24) is 29.4 Å². The van der Waals surface area contributed by atoms with Crippen LogP contribution in [0.1, 0.15) is 31.0 Å². The first-order valence-corrected chi connectivity index (χ1v) is 13.0. The Kier molecular flexibility index (Phi) is 6.17. The molecule has 1 aliphatic carbocycles. The van der Waals surface area contributed by atoms with E-state index >= 15 is 0 Å². The van der Waals surface area contributed by atoms with Crippen LogP contribution in [0.4, 0.5) is 23.1 Å². The van der Waals surface area contributed by atoms with Gasteiger partial charge < -0.3 is 20.4 Å². The third-order valence-electron chi connectivity index (χ3n) is 7.19. The maximum atomic E-state index is 13.2. The van der Waals surface area contributed by atoms with Crippen molar-refractivity contribution < 1.29 is 9.59 Å². The molecule has 2 saturated heterocycles. The predicted octanol–water partition coefficient (Wildman–Crippen LogP) is 1.72. The molecule has 0 spiro atoms. The number of aromatic nitrogens is 4. The fourth-order valence-corrected chi connectivity index (χ4v) is 5.07. The number of rotatable bonds is 6. The topological polar surface area (TPSA) is 159 Å². The Morgan fingerprint density at radius 2 is 1.97 bits per heavy atom. The van der Waals surface area contributed by atoms with Crippen molar-refractivity contribution in [2.24, 2.45) is 0 Å². The summed E-state index contributed by atoms with van der Waals surface area (Å²) in [4.78, 5) is 39.0. The predicted molar refractivity (Wildman–Crippen MR) is 142 cm³/mol.